The minimum Gasteiger partial charge on any atom is -0.385 e. The van der Waals surface area contributed by atoms with Crippen molar-refractivity contribution >= 4 is 5.78 Å². The summed E-state index contributed by atoms with van der Waals surface area (Å²) < 4.78 is 25.9. The lowest BCUT2D eigenvalue weighted by atomic mass is 9.46. The maximum Gasteiger partial charge on any atom is 0.251 e. The number of nitrogens with zero attached hydrogens (tertiary/aromatic N) is 1. The summed E-state index contributed by atoms with van der Waals surface area (Å²) in [6.07, 6.45) is 7.14. The van der Waals surface area contributed by atoms with Gasteiger partial charge in [-0.3, -0.25) is 9.69 Å². The Kier molecular flexibility index (Phi) is 5.26. The third-order valence-electron chi connectivity index (χ3n) is 9.78. The van der Waals surface area contributed by atoms with Crippen LogP contribution in [-0.2, 0) is 4.79 Å². The average Bonchev–Trinajstić information content (AvgIpc) is 2.92. The largest absolute Gasteiger partial charge is 0.385 e. The van der Waals surface area contributed by atoms with Crippen molar-refractivity contribution in [3.05, 3.63) is 11.6 Å². The van der Waals surface area contributed by atoms with E-state index in [1.54, 1.807) is 11.9 Å². The molecular formula is C24H37F2NO2. The summed E-state index contributed by atoms with van der Waals surface area (Å²) in [7, 11) is 1.76. The Bertz CT molecular complexity index is 709. The number of fused-ring (bicyclic) bond motifs is 5. The van der Waals surface area contributed by atoms with Crippen LogP contribution >= 0.6 is 0 Å². The van der Waals surface area contributed by atoms with E-state index >= 15 is 0 Å². The van der Waals surface area contributed by atoms with Gasteiger partial charge in [0.1, 0.15) is 0 Å². The first kappa shape index (κ1) is 21.4. The normalized spacial score (nSPS) is 45.6. The van der Waals surface area contributed by atoms with Gasteiger partial charge >= 0.3 is 0 Å². The predicted octanol–water partition coefficient (Wildman–Crippen LogP) is 4.83. The molecule has 0 heterocycles. The number of hydrogen-bond acceptors (Lipinski definition) is 3. The summed E-state index contributed by atoms with van der Waals surface area (Å²) in [6.45, 7) is 6.21. The fourth-order valence-corrected chi connectivity index (χ4v) is 7.90. The molecule has 3 nitrogen and oxygen atoms in total. The lowest BCUT2D eigenvalue weighted by molar-refractivity contribution is -0.137. The first-order valence-corrected chi connectivity index (χ1v) is 11.5. The molecule has 5 heteroatoms. The molecule has 164 valence electrons. The van der Waals surface area contributed by atoms with Gasteiger partial charge in [-0.15, -0.1) is 0 Å². The van der Waals surface area contributed by atoms with E-state index in [1.165, 1.54) is 0 Å². The van der Waals surface area contributed by atoms with E-state index in [4.69, 9.17) is 0 Å². The van der Waals surface area contributed by atoms with Crippen molar-refractivity contribution in [3.63, 3.8) is 0 Å². The summed E-state index contributed by atoms with van der Waals surface area (Å²) in [5.74, 6) is 0.732. The Balaban J connectivity index is 1.68. The molecular weight excluding hydrogens is 372 g/mol. The number of rotatable bonds is 4. The van der Waals surface area contributed by atoms with Crippen LogP contribution in [0.2, 0.25) is 0 Å². The van der Waals surface area contributed by atoms with Crippen molar-refractivity contribution in [3.8, 4) is 0 Å². The van der Waals surface area contributed by atoms with Gasteiger partial charge in [-0.05, 0) is 81.4 Å². The topological polar surface area (TPSA) is 40.5 Å². The number of alkyl halides is 2. The third-order valence-corrected chi connectivity index (χ3v) is 9.78. The van der Waals surface area contributed by atoms with Crippen molar-refractivity contribution < 1.29 is 18.7 Å². The molecule has 0 bridgehead atoms. The Morgan fingerprint density at radius 3 is 2.55 bits per heavy atom. The maximum absolute atomic E-state index is 13.1. The zero-order valence-electron chi connectivity index (χ0n) is 18.4. The summed E-state index contributed by atoms with van der Waals surface area (Å²) >= 11 is 0. The molecule has 3 fully saturated rings. The van der Waals surface area contributed by atoms with E-state index in [-0.39, 0.29) is 47.0 Å². The van der Waals surface area contributed by atoms with Crippen molar-refractivity contribution in [2.45, 2.75) is 90.2 Å². The fraction of sp³-hybridized carbons (Fsp3) is 0.875. The average molecular weight is 410 g/mol. The lowest BCUT2D eigenvalue weighted by Gasteiger charge is -2.59. The molecule has 7 atom stereocenters. The van der Waals surface area contributed by atoms with Crippen LogP contribution in [0.5, 0.6) is 0 Å². The first-order valence-electron chi connectivity index (χ1n) is 11.5. The van der Waals surface area contributed by atoms with Crippen LogP contribution in [0.3, 0.4) is 0 Å². The zero-order chi connectivity index (χ0) is 21.2. The molecule has 4 aliphatic rings. The van der Waals surface area contributed by atoms with Crippen molar-refractivity contribution in [2.24, 2.45) is 28.6 Å². The summed E-state index contributed by atoms with van der Waals surface area (Å²) in [6, 6.07) is -0.0301. The maximum atomic E-state index is 13.1. The van der Waals surface area contributed by atoms with Gasteiger partial charge in [0, 0.05) is 17.4 Å². The van der Waals surface area contributed by atoms with E-state index in [1.807, 2.05) is 13.0 Å². The predicted molar refractivity (Wildman–Crippen MR) is 110 cm³/mol. The zero-order valence-corrected chi connectivity index (χ0v) is 18.4. The van der Waals surface area contributed by atoms with Gasteiger partial charge in [-0.2, -0.15) is 0 Å². The molecule has 29 heavy (non-hydrogen) atoms. The van der Waals surface area contributed by atoms with E-state index in [0.29, 0.717) is 6.42 Å². The van der Waals surface area contributed by atoms with Crippen LogP contribution in [0, 0.1) is 28.6 Å². The minimum atomic E-state index is -2.35. The van der Waals surface area contributed by atoms with E-state index in [2.05, 4.69) is 13.8 Å². The summed E-state index contributed by atoms with van der Waals surface area (Å²) in [5, 5.41) is 12.1. The molecule has 1 N–H and O–H groups in total. The second kappa shape index (κ2) is 7.12. The van der Waals surface area contributed by atoms with Gasteiger partial charge in [0.2, 0.25) is 0 Å². The van der Waals surface area contributed by atoms with Crippen molar-refractivity contribution in [1.82, 2.24) is 4.90 Å². The smallest absolute Gasteiger partial charge is 0.251 e. The molecule has 0 radical (unpaired) electrons. The second-order valence-corrected chi connectivity index (χ2v) is 10.9. The quantitative estimate of drug-likeness (QED) is 0.723. The van der Waals surface area contributed by atoms with Gasteiger partial charge < -0.3 is 5.11 Å². The molecule has 0 aliphatic heterocycles. The van der Waals surface area contributed by atoms with Gasteiger partial charge in [0.25, 0.3) is 6.43 Å². The van der Waals surface area contributed by atoms with Gasteiger partial charge in [-0.1, -0.05) is 26.7 Å². The third kappa shape index (κ3) is 2.97. The number of aliphatic hydroxyl groups is 1. The molecule has 4 aliphatic carbocycles. The molecule has 0 aromatic heterocycles. The molecule has 0 aromatic carbocycles. The number of halogens is 2. The molecule has 6 unspecified atom stereocenters. The monoisotopic (exact) mass is 409 g/mol. The van der Waals surface area contributed by atoms with Crippen LogP contribution in [0.15, 0.2) is 11.6 Å². The minimum absolute atomic E-state index is 0.0301. The highest BCUT2D eigenvalue weighted by atomic mass is 19.3. The fourth-order valence-electron chi connectivity index (χ4n) is 7.90. The molecule has 0 amide bonds. The number of carbonyl (C=O) groups excluding carboxylic acids is 1. The highest BCUT2D eigenvalue weighted by Gasteiger charge is 2.66. The molecule has 4 rings (SSSR count). The van der Waals surface area contributed by atoms with Crippen LogP contribution in [0.25, 0.3) is 0 Å². The van der Waals surface area contributed by atoms with Gasteiger partial charge in [0.15, 0.2) is 5.78 Å². The Morgan fingerprint density at radius 1 is 1.14 bits per heavy atom. The lowest BCUT2D eigenvalue weighted by Crippen LogP contribution is -2.59. The number of ketones is 1. The molecule has 0 spiro atoms. The first-order chi connectivity index (χ1) is 13.5. The summed E-state index contributed by atoms with van der Waals surface area (Å²) in [5.41, 5.74) is -0.416. The Morgan fingerprint density at radius 2 is 1.86 bits per heavy atom. The number of carbonyl (C=O) groups is 1. The second-order valence-electron chi connectivity index (χ2n) is 10.9. The van der Waals surface area contributed by atoms with Crippen molar-refractivity contribution in [1.29, 1.82) is 0 Å². The van der Waals surface area contributed by atoms with Gasteiger partial charge in [0.05, 0.1) is 12.1 Å². The molecule has 0 saturated heterocycles. The molecule has 3 saturated carbocycles. The highest BCUT2D eigenvalue weighted by molar-refractivity contribution is 5.94. The standard InChI is InChI=1S/C24H37F2NO2/c1-15(27(4)14-21(25)26)16-9-12-24(29)19-13-20(28)18-7-5-6-10-22(18,2)17(19)8-11-23(16,24)3/h13,15-18,21,29H,5-12,14H2,1-4H3/t15?,16?,17?,18?,22?,23?,24-/m1/s1. The highest BCUT2D eigenvalue weighted by Crippen LogP contribution is 2.67. The SMILES string of the molecule is CC(C1CC[C@@]2(O)C3=CC(=O)C4CCCCC4(C)C3CCC12C)N(C)CC(F)F. The van der Waals surface area contributed by atoms with E-state index in [0.717, 1.165) is 50.5 Å². The van der Waals surface area contributed by atoms with Crippen LogP contribution in [-0.4, -0.2) is 47.5 Å². The van der Waals surface area contributed by atoms with Crippen molar-refractivity contribution in [2.75, 3.05) is 13.6 Å². The Hall–Kier alpha value is -0.810. The van der Waals surface area contributed by atoms with Crippen LogP contribution in [0.4, 0.5) is 8.78 Å². The van der Waals surface area contributed by atoms with E-state index < -0.39 is 12.0 Å². The van der Waals surface area contributed by atoms with Crippen LogP contribution in [0.1, 0.15) is 72.1 Å². The number of allylic oxidation sites excluding steroid dienone is 1. The Labute approximate surface area is 173 Å². The molecule has 0 aromatic rings. The van der Waals surface area contributed by atoms with Gasteiger partial charge in [-0.25, -0.2) is 8.78 Å². The van der Waals surface area contributed by atoms with E-state index in [9.17, 15) is 18.7 Å². The summed E-state index contributed by atoms with van der Waals surface area (Å²) in [4.78, 5) is 14.8. The van der Waals surface area contributed by atoms with Crippen LogP contribution < -0.4 is 0 Å². The number of hydrogen-bond donors (Lipinski definition) is 1.